The number of benzene rings is 2. The van der Waals surface area contributed by atoms with E-state index in [1.54, 1.807) is 34.9 Å². The molecular weight excluding hydrogens is 432 g/mol. The monoisotopic (exact) mass is 464 g/mol. The Balaban J connectivity index is 1.63. The number of aryl methyl sites for hydroxylation is 1. The van der Waals surface area contributed by atoms with Crippen LogP contribution in [0.2, 0.25) is 0 Å². The van der Waals surface area contributed by atoms with Crippen molar-refractivity contribution < 1.29 is 13.2 Å². The molecule has 0 N–H and O–H groups in total. The maximum Gasteiger partial charge on any atom is 0.231 e. The van der Waals surface area contributed by atoms with Gasteiger partial charge in [0.15, 0.2) is 9.84 Å². The Kier molecular flexibility index (Phi) is 7.15. The zero-order chi connectivity index (χ0) is 23.4. The van der Waals surface area contributed by atoms with E-state index in [4.69, 9.17) is 0 Å². The van der Waals surface area contributed by atoms with E-state index in [0.29, 0.717) is 30.2 Å². The highest BCUT2D eigenvalue weighted by atomic mass is 32.2. The normalized spacial score (nSPS) is 16.9. The summed E-state index contributed by atoms with van der Waals surface area (Å²) in [4.78, 5) is 15.6. The van der Waals surface area contributed by atoms with Gasteiger partial charge in [-0.25, -0.2) is 8.42 Å². The van der Waals surface area contributed by atoms with E-state index in [-0.39, 0.29) is 11.7 Å². The largest absolute Gasteiger partial charge is 0.303 e. The van der Waals surface area contributed by atoms with E-state index in [0.717, 1.165) is 41.4 Å². The Bertz CT molecular complexity index is 1250. The first-order valence-electron chi connectivity index (χ1n) is 11.6. The van der Waals surface area contributed by atoms with Gasteiger partial charge in [-0.3, -0.25) is 9.36 Å². The molecular formula is C27H32N2O3S. The third kappa shape index (κ3) is 5.28. The van der Waals surface area contributed by atoms with Gasteiger partial charge in [-0.15, -0.1) is 6.58 Å². The van der Waals surface area contributed by atoms with E-state index < -0.39 is 9.84 Å². The first-order valence-corrected chi connectivity index (χ1v) is 13.3. The van der Waals surface area contributed by atoms with Crippen LogP contribution in [0.4, 0.5) is 0 Å². The van der Waals surface area contributed by atoms with Gasteiger partial charge in [0, 0.05) is 24.0 Å². The predicted molar refractivity (Wildman–Crippen MR) is 134 cm³/mol. The van der Waals surface area contributed by atoms with Crippen molar-refractivity contribution in [1.29, 1.82) is 0 Å². The SMILES string of the molecule is C=CCCC(=O)n1cc(CC2CCCN2C)c2cc(CCS(=O)(=O)c3ccccc3)ccc21. The molecule has 1 aliphatic heterocycles. The average Bonchev–Trinajstić information content (AvgIpc) is 3.40. The Labute approximate surface area is 196 Å². The number of allylic oxidation sites excluding steroid dienone is 1. The highest BCUT2D eigenvalue weighted by Gasteiger charge is 2.24. The molecule has 2 aromatic carbocycles. The summed E-state index contributed by atoms with van der Waals surface area (Å²) in [7, 11) is -1.18. The molecule has 1 aromatic heterocycles. The maximum atomic E-state index is 12.9. The highest BCUT2D eigenvalue weighted by Crippen LogP contribution is 2.28. The summed E-state index contributed by atoms with van der Waals surface area (Å²) in [6, 6.07) is 15.1. The summed E-state index contributed by atoms with van der Waals surface area (Å²) < 4.78 is 27.2. The van der Waals surface area contributed by atoms with Crippen LogP contribution in [0.15, 0.2) is 72.3 Å². The van der Waals surface area contributed by atoms with Crippen LogP contribution < -0.4 is 0 Å². The van der Waals surface area contributed by atoms with Crippen LogP contribution in [-0.2, 0) is 22.7 Å². The van der Waals surface area contributed by atoms with Crippen molar-refractivity contribution in [2.45, 2.75) is 49.5 Å². The van der Waals surface area contributed by atoms with Gasteiger partial charge in [-0.05, 0) is 81.1 Å². The molecule has 1 fully saturated rings. The minimum absolute atomic E-state index is 0.0577. The van der Waals surface area contributed by atoms with Crippen LogP contribution in [0, 0.1) is 0 Å². The van der Waals surface area contributed by atoms with Crippen LogP contribution in [0.25, 0.3) is 10.9 Å². The van der Waals surface area contributed by atoms with Crippen LogP contribution in [-0.4, -0.2) is 49.2 Å². The second kappa shape index (κ2) is 10.1. The van der Waals surface area contributed by atoms with E-state index in [1.165, 1.54) is 6.42 Å². The number of hydrogen-bond acceptors (Lipinski definition) is 4. The van der Waals surface area contributed by atoms with Gasteiger partial charge in [0.1, 0.15) is 0 Å². The Morgan fingerprint density at radius 2 is 1.97 bits per heavy atom. The van der Waals surface area contributed by atoms with Gasteiger partial charge in [-0.1, -0.05) is 30.3 Å². The lowest BCUT2D eigenvalue weighted by molar-refractivity contribution is 0.0909. The van der Waals surface area contributed by atoms with Crippen LogP contribution >= 0.6 is 0 Å². The number of likely N-dealkylation sites (N-methyl/N-ethyl adjacent to an activating group) is 1. The minimum Gasteiger partial charge on any atom is -0.303 e. The van der Waals surface area contributed by atoms with E-state index in [1.807, 2.05) is 24.4 Å². The van der Waals surface area contributed by atoms with E-state index >= 15 is 0 Å². The molecule has 6 heteroatoms. The molecule has 1 saturated heterocycles. The van der Waals surface area contributed by atoms with E-state index in [9.17, 15) is 13.2 Å². The fourth-order valence-corrected chi connectivity index (χ4v) is 6.02. The lowest BCUT2D eigenvalue weighted by Crippen LogP contribution is -2.26. The second-order valence-electron chi connectivity index (χ2n) is 8.96. The van der Waals surface area contributed by atoms with Gasteiger partial charge in [0.2, 0.25) is 5.91 Å². The Morgan fingerprint density at radius 1 is 1.18 bits per heavy atom. The summed E-state index contributed by atoms with van der Waals surface area (Å²) in [6.07, 6.45) is 8.51. The third-order valence-electron chi connectivity index (χ3n) is 6.67. The summed E-state index contributed by atoms with van der Waals surface area (Å²) in [5.74, 6) is 0.118. The molecule has 0 aliphatic carbocycles. The predicted octanol–water partition coefficient (Wildman–Crippen LogP) is 4.90. The molecule has 0 radical (unpaired) electrons. The Hall–Kier alpha value is -2.70. The van der Waals surface area contributed by atoms with Crippen LogP contribution in [0.3, 0.4) is 0 Å². The van der Waals surface area contributed by atoms with Crippen molar-refractivity contribution >= 4 is 26.6 Å². The summed E-state index contributed by atoms with van der Waals surface area (Å²) in [6.45, 7) is 4.83. The number of carbonyl (C=O) groups is 1. The summed E-state index contributed by atoms with van der Waals surface area (Å²) >= 11 is 0. The number of aromatic nitrogens is 1. The number of hydrogen-bond donors (Lipinski definition) is 0. The van der Waals surface area contributed by atoms with Crippen molar-refractivity contribution in [3.8, 4) is 0 Å². The van der Waals surface area contributed by atoms with Gasteiger partial charge in [0.05, 0.1) is 16.2 Å². The maximum absolute atomic E-state index is 12.9. The fraction of sp³-hybridized carbons (Fsp3) is 0.370. The van der Waals surface area contributed by atoms with Gasteiger partial charge in [-0.2, -0.15) is 0 Å². The number of nitrogens with zero attached hydrogens (tertiary/aromatic N) is 2. The minimum atomic E-state index is -3.34. The molecule has 174 valence electrons. The summed E-state index contributed by atoms with van der Waals surface area (Å²) in [5, 5.41) is 1.05. The fourth-order valence-electron chi connectivity index (χ4n) is 4.70. The van der Waals surface area contributed by atoms with Crippen LogP contribution in [0.5, 0.6) is 0 Å². The zero-order valence-electron chi connectivity index (χ0n) is 19.2. The first-order chi connectivity index (χ1) is 15.9. The van der Waals surface area contributed by atoms with Crippen molar-refractivity contribution in [1.82, 2.24) is 9.47 Å². The molecule has 1 aliphatic rings. The lowest BCUT2D eigenvalue weighted by atomic mass is 10.0. The smallest absolute Gasteiger partial charge is 0.231 e. The average molecular weight is 465 g/mol. The molecule has 33 heavy (non-hydrogen) atoms. The number of sulfone groups is 1. The lowest BCUT2D eigenvalue weighted by Gasteiger charge is -2.18. The quantitative estimate of drug-likeness (QED) is 0.423. The number of carbonyl (C=O) groups excluding carboxylic acids is 1. The number of fused-ring (bicyclic) bond motifs is 1. The first kappa shape index (κ1) is 23.5. The number of rotatable bonds is 9. The van der Waals surface area contributed by atoms with Gasteiger partial charge >= 0.3 is 0 Å². The molecule has 0 amide bonds. The molecule has 1 atom stereocenters. The molecule has 0 saturated carbocycles. The molecule has 0 spiro atoms. The standard InChI is InChI=1S/C27H32N2O3S/c1-3-4-12-27(30)29-20-22(19-23-9-8-16-28(23)2)25-18-21(13-14-26(25)29)15-17-33(31,32)24-10-6-5-7-11-24/h3,5-7,10-11,13-14,18,20,23H,1,4,8-9,12,15-17,19H2,2H3. The topological polar surface area (TPSA) is 59.4 Å². The van der Waals surface area contributed by atoms with Crippen molar-refractivity contribution in [3.05, 3.63) is 78.5 Å². The third-order valence-corrected chi connectivity index (χ3v) is 8.40. The zero-order valence-corrected chi connectivity index (χ0v) is 20.1. The van der Waals surface area contributed by atoms with Gasteiger partial charge < -0.3 is 4.90 Å². The Morgan fingerprint density at radius 3 is 2.67 bits per heavy atom. The molecule has 0 bridgehead atoms. The second-order valence-corrected chi connectivity index (χ2v) is 11.1. The van der Waals surface area contributed by atoms with Crippen molar-refractivity contribution in [2.24, 2.45) is 0 Å². The molecule has 2 heterocycles. The van der Waals surface area contributed by atoms with E-state index in [2.05, 4.69) is 24.6 Å². The molecule has 1 unspecified atom stereocenters. The van der Waals surface area contributed by atoms with Gasteiger partial charge in [0.25, 0.3) is 0 Å². The van der Waals surface area contributed by atoms with Crippen molar-refractivity contribution in [2.75, 3.05) is 19.3 Å². The summed E-state index contributed by atoms with van der Waals surface area (Å²) in [5.41, 5.74) is 3.03. The molecule has 3 aromatic rings. The molecule has 4 rings (SSSR count). The highest BCUT2D eigenvalue weighted by molar-refractivity contribution is 7.91. The van der Waals surface area contributed by atoms with Crippen molar-refractivity contribution in [3.63, 3.8) is 0 Å². The van der Waals surface area contributed by atoms with Crippen LogP contribution in [0.1, 0.15) is 41.6 Å². The molecule has 5 nitrogen and oxygen atoms in total. The number of likely N-dealkylation sites (tertiary alicyclic amines) is 1.